The molecule has 222 valence electrons. The van der Waals surface area contributed by atoms with Crippen molar-refractivity contribution in [1.82, 2.24) is 20.2 Å². The van der Waals surface area contributed by atoms with Crippen molar-refractivity contribution in [2.45, 2.75) is 19.1 Å². The van der Waals surface area contributed by atoms with E-state index < -0.39 is 6.04 Å². The molecule has 1 aliphatic heterocycles. The molecular weight excluding hydrogens is 549 g/mol. The number of aromatic nitrogens is 2. The van der Waals surface area contributed by atoms with Crippen LogP contribution in [0.25, 0.3) is 0 Å². The summed E-state index contributed by atoms with van der Waals surface area (Å²) < 4.78 is 24.8. The molecule has 0 bridgehead atoms. The van der Waals surface area contributed by atoms with E-state index in [1.807, 2.05) is 30.3 Å². The fraction of sp³-hybridized carbons (Fsp3) is 0.273. The lowest BCUT2D eigenvalue weighted by atomic mass is 10.0. The third kappa shape index (κ3) is 9.16. The molecule has 1 aromatic heterocycles. The van der Waals surface area contributed by atoms with Gasteiger partial charge in [-0.05, 0) is 53.6 Å². The molecule has 5 rings (SSSR count). The molecule has 3 aromatic carbocycles. The predicted molar refractivity (Wildman–Crippen MR) is 160 cm³/mol. The van der Waals surface area contributed by atoms with Crippen LogP contribution in [-0.4, -0.2) is 71.9 Å². The molecule has 10 heteroatoms. The van der Waals surface area contributed by atoms with E-state index in [2.05, 4.69) is 25.1 Å². The van der Waals surface area contributed by atoms with Gasteiger partial charge in [-0.1, -0.05) is 42.5 Å². The van der Waals surface area contributed by atoms with E-state index in [4.69, 9.17) is 9.47 Å². The van der Waals surface area contributed by atoms with E-state index in [1.54, 1.807) is 54.9 Å². The maximum Gasteiger partial charge on any atom is 0.234 e. The fourth-order valence-corrected chi connectivity index (χ4v) is 4.73. The number of benzene rings is 3. The molecule has 1 saturated heterocycles. The van der Waals surface area contributed by atoms with Crippen LogP contribution in [0.1, 0.15) is 11.1 Å². The van der Waals surface area contributed by atoms with Gasteiger partial charge in [-0.25, -0.2) is 14.4 Å². The second kappa shape index (κ2) is 15.0. The molecule has 0 spiro atoms. The summed E-state index contributed by atoms with van der Waals surface area (Å²) in [5.74, 6) is 1.05. The summed E-state index contributed by atoms with van der Waals surface area (Å²) in [6.45, 7) is 3.36. The van der Waals surface area contributed by atoms with Crippen molar-refractivity contribution in [3.8, 4) is 11.5 Å². The molecule has 0 aliphatic carbocycles. The molecule has 1 fully saturated rings. The van der Waals surface area contributed by atoms with Gasteiger partial charge in [-0.2, -0.15) is 0 Å². The number of hydrogen-bond acceptors (Lipinski definition) is 8. The first-order valence-corrected chi connectivity index (χ1v) is 14.2. The number of amides is 1. The maximum absolute atomic E-state index is 13.4. The zero-order valence-electron chi connectivity index (χ0n) is 23.8. The van der Waals surface area contributed by atoms with Gasteiger partial charge in [0.15, 0.2) is 5.78 Å². The lowest BCUT2D eigenvalue weighted by molar-refractivity contribution is -0.129. The number of rotatable bonds is 13. The van der Waals surface area contributed by atoms with Gasteiger partial charge in [0.25, 0.3) is 0 Å². The van der Waals surface area contributed by atoms with Gasteiger partial charge < -0.3 is 19.7 Å². The first kappa shape index (κ1) is 29.8. The second-order valence-electron chi connectivity index (χ2n) is 10.3. The summed E-state index contributed by atoms with van der Waals surface area (Å²) in [4.78, 5) is 39.2. The fourth-order valence-electron chi connectivity index (χ4n) is 4.73. The van der Waals surface area contributed by atoms with Crippen LogP contribution >= 0.6 is 0 Å². The minimum Gasteiger partial charge on any atom is -0.457 e. The Morgan fingerprint density at radius 1 is 0.814 bits per heavy atom. The average molecular weight is 584 g/mol. The van der Waals surface area contributed by atoms with Crippen molar-refractivity contribution in [3.63, 3.8) is 0 Å². The Hall–Kier alpha value is -4.67. The molecule has 1 aliphatic rings. The summed E-state index contributed by atoms with van der Waals surface area (Å²) in [5.41, 5.74) is 1.76. The number of halogens is 1. The monoisotopic (exact) mass is 583 g/mol. The molecular formula is C33H34FN5O4. The molecule has 4 aromatic rings. The Morgan fingerprint density at radius 3 is 2.14 bits per heavy atom. The van der Waals surface area contributed by atoms with Crippen LogP contribution in [0.2, 0.25) is 0 Å². The Morgan fingerprint density at radius 2 is 1.47 bits per heavy atom. The Balaban J connectivity index is 1.16. The number of hydrogen-bond donors (Lipinski definition) is 1. The van der Waals surface area contributed by atoms with Gasteiger partial charge in [0.1, 0.15) is 23.4 Å². The smallest absolute Gasteiger partial charge is 0.234 e. The second-order valence-corrected chi connectivity index (χ2v) is 10.3. The zero-order valence-corrected chi connectivity index (χ0v) is 23.8. The minimum atomic E-state index is -0.801. The molecule has 1 atom stereocenters. The van der Waals surface area contributed by atoms with E-state index in [1.165, 1.54) is 12.1 Å². The van der Waals surface area contributed by atoms with Gasteiger partial charge in [-0.15, -0.1) is 0 Å². The van der Waals surface area contributed by atoms with Crippen LogP contribution in [0.3, 0.4) is 0 Å². The third-order valence-electron chi connectivity index (χ3n) is 7.05. The van der Waals surface area contributed by atoms with Crippen LogP contribution < -0.4 is 15.0 Å². The van der Waals surface area contributed by atoms with Crippen LogP contribution in [-0.2, 0) is 27.4 Å². The van der Waals surface area contributed by atoms with Gasteiger partial charge >= 0.3 is 0 Å². The Bertz CT molecular complexity index is 1450. The normalized spacial score (nSPS) is 14.2. The zero-order chi connectivity index (χ0) is 29.9. The molecule has 1 amide bonds. The SMILES string of the molecule is O=C(CN1CCN(c2ncccn2)CC1)N[C@@H](COCc1ccccc1)C(=O)Cc1ccc(Oc2ccc(F)cc2)cc1. The number of nitrogens with one attached hydrogen (secondary N) is 1. The highest BCUT2D eigenvalue weighted by Gasteiger charge is 2.25. The molecule has 1 N–H and O–H groups in total. The van der Waals surface area contributed by atoms with Crippen molar-refractivity contribution in [1.29, 1.82) is 0 Å². The summed E-state index contributed by atoms with van der Waals surface area (Å²) in [7, 11) is 0. The van der Waals surface area contributed by atoms with Crippen molar-refractivity contribution >= 4 is 17.6 Å². The largest absolute Gasteiger partial charge is 0.457 e. The van der Waals surface area contributed by atoms with E-state index in [9.17, 15) is 14.0 Å². The molecule has 0 radical (unpaired) electrons. The summed E-state index contributed by atoms with van der Waals surface area (Å²) in [6, 6.07) is 23.5. The highest BCUT2D eigenvalue weighted by atomic mass is 19.1. The van der Waals surface area contributed by atoms with Crippen LogP contribution in [0.5, 0.6) is 11.5 Å². The van der Waals surface area contributed by atoms with Gasteiger partial charge in [0.2, 0.25) is 11.9 Å². The highest BCUT2D eigenvalue weighted by Crippen LogP contribution is 2.22. The number of carbonyl (C=O) groups is 2. The van der Waals surface area contributed by atoms with Crippen molar-refractivity contribution in [2.24, 2.45) is 0 Å². The summed E-state index contributed by atoms with van der Waals surface area (Å²) in [6.07, 6.45) is 3.55. The standard InChI is InChI=1S/C33H34FN5O4/c34-27-9-13-29(14-10-27)43-28-11-7-25(8-12-28)21-31(40)30(24-42-23-26-5-2-1-3-6-26)37-32(41)22-38-17-19-39(20-18-38)33-35-15-4-16-36-33/h1-16,30H,17-24H2,(H,37,41)/t30-/m0/s1. The van der Waals surface area contributed by atoms with Gasteiger partial charge in [0, 0.05) is 45.0 Å². The summed E-state index contributed by atoms with van der Waals surface area (Å²) >= 11 is 0. The predicted octanol–water partition coefficient (Wildman–Crippen LogP) is 4.04. The van der Waals surface area contributed by atoms with E-state index >= 15 is 0 Å². The van der Waals surface area contributed by atoms with Crippen molar-refractivity contribution in [3.05, 3.63) is 114 Å². The van der Waals surface area contributed by atoms with Crippen molar-refractivity contribution < 1.29 is 23.5 Å². The van der Waals surface area contributed by atoms with Crippen LogP contribution in [0.4, 0.5) is 10.3 Å². The first-order chi connectivity index (χ1) is 21.0. The number of anilines is 1. The number of Topliss-reactive ketones (excluding diaryl/α,β-unsaturated/α-hetero) is 1. The number of nitrogens with zero attached hydrogens (tertiary/aromatic N) is 4. The number of ether oxygens (including phenoxy) is 2. The number of piperazine rings is 1. The third-order valence-corrected chi connectivity index (χ3v) is 7.05. The van der Waals surface area contributed by atoms with Crippen molar-refractivity contribution in [2.75, 3.05) is 44.2 Å². The summed E-state index contributed by atoms with van der Waals surface area (Å²) in [5, 5.41) is 2.91. The van der Waals surface area contributed by atoms with E-state index in [0.29, 0.717) is 50.2 Å². The number of ketones is 1. The Labute approximate surface area is 250 Å². The molecule has 2 heterocycles. The minimum absolute atomic E-state index is 0.0599. The first-order valence-electron chi connectivity index (χ1n) is 14.2. The molecule has 43 heavy (non-hydrogen) atoms. The van der Waals surface area contributed by atoms with E-state index in [-0.39, 0.29) is 37.1 Å². The number of carbonyl (C=O) groups excluding carboxylic acids is 2. The Kier molecular flexibility index (Phi) is 10.4. The van der Waals surface area contributed by atoms with Crippen LogP contribution in [0, 0.1) is 5.82 Å². The lowest BCUT2D eigenvalue weighted by Gasteiger charge is -2.34. The van der Waals surface area contributed by atoms with Gasteiger partial charge in [0.05, 0.1) is 19.8 Å². The molecule has 0 unspecified atom stereocenters. The quantitative estimate of drug-likeness (QED) is 0.252. The molecule has 9 nitrogen and oxygen atoms in total. The average Bonchev–Trinajstić information content (AvgIpc) is 3.04. The van der Waals surface area contributed by atoms with Gasteiger partial charge in [-0.3, -0.25) is 14.5 Å². The van der Waals surface area contributed by atoms with Crippen LogP contribution in [0.15, 0.2) is 97.3 Å². The maximum atomic E-state index is 13.4. The molecule has 0 saturated carbocycles. The topological polar surface area (TPSA) is 96.9 Å². The lowest BCUT2D eigenvalue weighted by Crippen LogP contribution is -2.52. The highest BCUT2D eigenvalue weighted by molar-refractivity contribution is 5.91. The van der Waals surface area contributed by atoms with E-state index in [0.717, 1.165) is 11.1 Å².